The minimum atomic E-state index is 0. The SMILES string of the molecule is [Ca+2].[H-].[H-].[Mg+2].[NH2-].[NH2-]. The Bertz CT molecular complexity index is 11.5. The van der Waals surface area contributed by atoms with Crippen LogP contribution in [0.5, 0.6) is 0 Å². The van der Waals surface area contributed by atoms with Gasteiger partial charge in [-0.25, -0.2) is 0 Å². The summed E-state index contributed by atoms with van der Waals surface area (Å²) in [5.41, 5.74) is 0. The molecule has 0 aliphatic carbocycles. The zero-order valence-corrected chi connectivity index (χ0v) is 6.19. The van der Waals surface area contributed by atoms with E-state index in [1.165, 1.54) is 0 Å². The Morgan fingerprint density at radius 3 is 1.00 bits per heavy atom. The van der Waals surface area contributed by atoms with Crippen LogP contribution >= 0.6 is 0 Å². The van der Waals surface area contributed by atoms with Crippen molar-refractivity contribution in [3.8, 4) is 0 Å². The van der Waals surface area contributed by atoms with Crippen molar-refractivity contribution in [1.29, 1.82) is 0 Å². The fourth-order valence-electron chi connectivity index (χ4n) is 0. The van der Waals surface area contributed by atoms with Gasteiger partial charge in [0.2, 0.25) is 0 Å². The van der Waals surface area contributed by atoms with Crippen LogP contribution in [0.3, 0.4) is 0 Å². The van der Waals surface area contributed by atoms with Crippen LogP contribution in [0.25, 0.3) is 12.3 Å². The van der Waals surface area contributed by atoms with Gasteiger partial charge in [-0.05, 0) is 0 Å². The van der Waals surface area contributed by atoms with Crippen molar-refractivity contribution in [2.75, 3.05) is 0 Å². The molecule has 0 rings (SSSR count). The summed E-state index contributed by atoms with van der Waals surface area (Å²) >= 11 is 0. The number of rotatable bonds is 0. The average Bonchev–Trinajstić information content (AvgIpc) is 0. The molecule has 0 amide bonds. The van der Waals surface area contributed by atoms with E-state index in [9.17, 15) is 0 Å². The van der Waals surface area contributed by atoms with Gasteiger partial charge in [0.05, 0.1) is 0 Å². The topological polar surface area (TPSA) is 67.0 Å². The molecule has 0 fully saturated rings. The Morgan fingerprint density at radius 2 is 1.00 bits per heavy atom. The van der Waals surface area contributed by atoms with E-state index in [0.717, 1.165) is 0 Å². The van der Waals surface area contributed by atoms with Gasteiger partial charge >= 0.3 is 60.8 Å². The predicted molar refractivity (Wildman–Crippen MR) is 24.3 cm³/mol. The minimum absolute atomic E-state index is 0. The maximum atomic E-state index is 0. The van der Waals surface area contributed by atoms with Crippen molar-refractivity contribution in [1.82, 2.24) is 0 Å². The third-order valence-electron chi connectivity index (χ3n) is 0. The Morgan fingerprint density at radius 1 is 1.00 bits per heavy atom. The van der Waals surface area contributed by atoms with E-state index in [1.54, 1.807) is 0 Å². The molecule has 0 unspecified atom stereocenters. The van der Waals surface area contributed by atoms with Crippen LogP contribution in [-0.2, 0) is 0 Å². The number of hydrogen-bond acceptors (Lipinski definition) is 0. The van der Waals surface area contributed by atoms with Crippen LogP contribution in [0.2, 0.25) is 0 Å². The summed E-state index contributed by atoms with van der Waals surface area (Å²) < 4.78 is 0. The molecule has 0 aromatic rings. The van der Waals surface area contributed by atoms with Gasteiger partial charge in [-0.3, -0.25) is 0 Å². The summed E-state index contributed by atoms with van der Waals surface area (Å²) in [6.45, 7) is 0. The fraction of sp³-hybridized carbons (Fsp3) is 0. The van der Waals surface area contributed by atoms with E-state index in [0.29, 0.717) is 0 Å². The van der Waals surface area contributed by atoms with Gasteiger partial charge < -0.3 is 15.2 Å². The maximum absolute atomic E-state index is 0. The predicted octanol–water partition coefficient (Wildman–Crippen LogP) is 0.898. The molecular weight excluding hydrogens is 92.4 g/mol. The number of hydrogen-bond donors (Lipinski definition) is 0. The molecule has 0 radical (unpaired) electrons. The standard InChI is InChI=1S/Ca.Mg.2H2N.2H/h;;2*1H2;;/q2*+2;4*-1. The molecule has 0 heterocycles. The molecule has 0 aromatic heterocycles. The summed E-state index contributed by atoms with van der Waals surface area (Å²) in [6, 6.07) is 0. The van der Waals surface area contributed by atoms with Crippen LogP contribution in [0, 0.1) is 0 Å². The smallest absolute Gasteiger partial charge is 1.00 e. The van der Waals surface area contributed by atoms with Gasteiger partial charge in [0.1, 0.15) is 0 Å². The second kappa shape index (κ2) is 20.3. The van der Waals surface area contributed by atoms with Crippen LogP contribution in [0.4, 0.5) is 0 Å². The van der Waals surface area contributed by atoms with E-state index in [1.807, 2.05) is 0 Å². The molecule has 0 saturated carbocycles. The van der Waals surface area contributed by atoms with Crippen LogP contribution in [0.1, 0.15) is 2.85 Å². The van der Waals surface area contributed by atoms with Gasteiger partial charge in [0.25, 0.3) is 0 Å². The second-order valence-electron chi connectivity index (χ2n) is 0. The third kappa shape index (κ3) is 9.04. The molecule has 4 N–H and O–H groups in total. The van der Waals surface area contributed by atoms with E-state index < -0.39 is 0 Å². The normalized spacial score (nSPS) is 0. The van der Waals surface area contributed by atoms with Crippen LogP contribution in [-0.4, -0.2) is 60.8 Å². The maximum Gasteiger partial charge on any atom is 2.00 e. The molecule has 0 spiro atoms. The van der Waals surface area contributed by atoms with Crippen molar-refractivity contribution in [2.24, 2.45) is 0 Å². The Labute approximate surface area is 75.0 Å². The van der Waals surface area contributed by atoms with Crippen molar-refractivity contribution in [3.63, 3.8) is 0 Å². The Balaban J connectivity index is 0. The molecule has 4 heteroatoms. The van der Waals surface area contributed by atoms with E-state index in [4.69, 9.17) is 0 Å². The van der Waals surface area contributed by atoms with Crippen LogP contribution < -0.4 is 0 Å². The van der Waals surface area contributed by atoms with Crippen LogP contribution in [0.15, 0.2) is 0 Å². The van der Waals surface area contributed by atoms with E-state index in [2.05, 4.69) is 0 Å². The second-order valence-corrected chi connectivity index (χ2v) is 0. The first-order chi connectivity index (χ1) is 0. The molecule has 0 atom stereocenters. The summed E-state index contributed by atoms with van der Waals surface area (Å²) in [6.07, 6.45) is 0. The van der Waals surface area contributed by atoms with Crippen molar-refractivity contribution in [3.05, 3.63) is 12.3 Å². The zero-order valence-electron chi connectivity index (χ0n) is 4.57. The first-order valence-electron chi connectivity index (χ1n) is 0. The van der Waals surface area contributed by atoms with Gasteiger partial charge in [0.15, 0.2) is 0 Å². The monoisotopic (exact) mass is 98.0 g/mol. The average molecular weight is 98.4 g/mol. The van der Waals surface area contributed by atoms with Gasteiger partial charge in [-0.1, -0.05) is 0 Å². The quantitative estimate of drug-likeness (QED) is 0.404. The van der Waals surface area contributed by atoms with Crippen molar-refractivity contribution in [2.45, 2.75) is 0 Å². The van der Waals surface area contributed by atoms with Gasteiger partial charge in [-0.2, -0.15) is 0 Å². The minimum Gasteiger partial charge on any atom is -1.00 e. The molecule has 0 aliphatic heterocycles. The molecular formula is H6CaMgN2. The summed E-state index contributed by atoms with van der Waals surface area (Å²) in [4.78, 5) is 0. The first kappa shape index (κ1) is 38.4. The third-order valence-corrected chi connectivity index (χ3v) is 0. The molecule has 20 valence electrons. The molecule has 0 aromatic carbocycles. The largest absolute Gasteiger partial charge is 2.00 e. The number of nitrogens with two attached hydrogens (primary N) is 2. The first-order valence-corrected chi connectivity index (χ1v) is 0. The molecule has 0 bridgehead atoms. The van der Waals surface area contributed by atoms with E-state index in [-0.39, 0.29) is 75.9 Å². The molecule has 0 saturated heterocycles. The van der Waals surface area contributed by atoms with E-state index >= 15 is 0 Å². The van der Waals surface area contributed by atoms with Crippen molar-refractivity contribution < 1.29 is 2.85 Å². The Kier molecular flexibility index (Phi) is 195. The summed E-state index contributed by atoms with van der Waals surface area (Å²) in [5.74, 6) is 0. The Hall–Kier alpha value is 1.95. The molecule has 0 aliphatic rings. The summed E-state index contributed by atoms with van der Waals surface area (Å²) in [7, 11) is 0. The van der Waals surface area contributed by atoms with Crippen molar-refractivity contribution >= 4 is 60.8 Å². The van der Waals surface area contributed by atoms with Gasteiger partial charge in [-0.15, -0.1) is 0 Å². The molecule has 4 heavy (non-hydrogen) atoms. The van der Waals surface area contributed by atoms with Gasteiger partial charge in [0, 0.05) is 0 Å². The molecule has 2 nitrogen and oxygen atoms in total. The zero-order chi connectivity index (χ0) is 0. The fourth-order valence-corrected chi connectivity index (χ4v) is 0. The summed E-state index contributed by atoms with van der Waals surface area (Å²) in [5, 5.41) is 0.